The summed E-state index contributed by atoms with van der Waals surface area (Å²) in [6.07, 6.45) is 1.44. The van der Waals surface area contributed by atoms with E-state index in [0.717, 1.165) is 42.1 Å². The fourth-order valence-electron chi connectivity index (χ4n) is 13.0. The topological polar surface area (TPSA) is 64.3 Å². The molecule has 2 heterocycles. The van der Waals surface area contributed by atoms with Crippen molar-refractivity contribution in [2.45, 2.75) is 93.9 Å². The molecule has 5 aromatic carbocycles. The highest BCUT2D eigenvalue weighted by atomic mass is 32.1. The molecule has 7 aromatic rings. The Labute approximate surface area is 399 Å². The van der Waals surface area contributed by atoms with Gasteiger partial charge in [-0.25, -0.2) is 4.79 Å². The van der Waals surface area contributed by atoms with Crippen molar-refractivity contribution in [3.63, 3.8) is 0 Å². The standard InChI is InChI=1S/C60H60N2O2S2/c1-55(2,3)59(56(4,5)6)47-19-15-13-17-43(47)45-28-25-40(34-49(45)59)62(41-26-29-46-44-18-14-16-20-48(44)60(50(46)35-41,57(7,8)9)58(10,11)12)39-23-21-37(22-24-39)51-31-32-53(66-51)52-30-27-42(65-52)33-38(36-61)54(63)64/h13-35H,1-12H3,(H,63,64). The number of hydrogen-bond donors (Lipinski definition) is 1. The Morgan fingerprint density at radius 2 is 0.924 bits per heavy atom. The maximum atomic E-state index is 11.5. The molecule has 2 aliphatic rings. The highest BCUT2D eigenvalue weighted by Crippen LogP contribution is 2.67. The molecule has 0 amide bonds. The first-order valence-corrected chi connectivity index (χ1v) is 24.6. The number of nitrogens with zero attached hydrogens (tertiary/aromatic N) is 2. The number of carbonyl (C=O) groups is 1. The smallest absolute Gasteiger partial charge is 0.346 e. The zero-order chi connectivity index (χ0) is 47.4. The molecule has 0 bridgehead atoms. The maximum absolute atomic E-state index is 11.5. The van der Waals surface area contributed by atoms with E-state index in [2.05, 4.69) is 209 Å². The molecular formula is C60H60N2O2S2. The highest BCUT2D eigenvalue weighted by molar-refractivity contribution is 7.24. The van der Waals surface area contributed by atoms with Gasteiger partial charge < -0.3 is 10.0 Å². The van der Waals surface area contributed by atoms with Crippen LogP contribution in [0.1, 0.15) is 110 Å². The lowest BCUT2D eigenvalue weighted by Crippen LogP contribution is -2.50. The Hall–Kier alpha value is -6.00. The molecule has 1 N–H and O–H groups in total. The average Bonchev–Trinajstić information content (AvgIpc) is 4.04. The van der Waals surface area contributed by atoms with E-state index in [1.54, 1.807) is 17.4 Å². The second kappa shape index (κ2) is 15.5. The molecule has 334 valence electrons. The van der Waals surface area contributed by atoms with Crippen LogP contribution in [0.15, 0.2) is 139 Å². The van der Waals surface area contributed by atoms with Crippen molar-refractivity contribution in [2.24, 2.45) is 21.7 Å². The summed E-state index contributed by atoms with van der Waals surface area (Å²) in [5, 5.41) is 18.7. The summed E-state index contributed by atoms with van der Waals surface area (Å²) < 4.78 is 0. The van der Waals surface area contributed by atoms with Gasteiger partial charge >= 0.3 is 5.97 Å². The molecule has 0 fully saturated rings. The van der Waals surface area contributed by atoms with Gasteiger partial charge in [-0.1, -0.05) is 156 Å². The van der Waals surface area contributed by atoms with Crippen molar-refractivity contribution >= 4 is 51.8 Å². The van der Waals surface area contributed by atoms with Crippen molar-refractivity contribution in [1.29, 1.82) is 5.26 Å². The van der Waals surface area contributed by atoms with E-state index in [0.29, 0.717) is 0 Å². The van der Waals surface area contributed by atoms with Gasteiger partial charge in [0.15, 0.2) is 0 Å². The quantitative estimate of drug-likeness (QED) is 0.128. The first-order valence-electron chi connectivity index (χ1n) is 23.0. The largest absolute Gasteiger partial charge is 0.477 e. The van der Waals surface area contributed by atoms with Crippen LogP contribution in [0.3, 0.4) is 0 Å². The van der Waals surface area contributed by atoms with Gasteiger partial charge in [-0.3, -0.25) is 0 Å². The lowest BCUT2D eigenvalue weighted by atomic mass is 9.50. The van der Waals surface area contributed by atoms with Gasteiger partial charge in [0, 0.05) is 47.4 Å². The molecule has 0 aliphatic heterocycles. The minimum Gasteiger partial charge on any atom is -0.477 e. The number of aliphatic carboxylic acids is 1. The number of hydrogen-bond acceptors (Lipinski definition) is 5. The van der Waals surface area contributed by atoms with Gasteiger partial charge in [-0.15, -0.1) is 22.7 Å². The molecule has 0 atom stereocenters. The number of thiophene rings is 2. The van der Waals surface area contributed by atoms with E-state index in [1.807, 2.05) is 12.1 Å². The van der Waals surface area contributed by atoms with Crippen molar-refractivity contribution in [3.8, 4) is 48.5 Å². The minimum absolute atomic E-state index is 0.102. The summed E-state index contributed by atoms with van der Waals surface area (Å²) in [7, 11) is 0. The molecule has 2 aromatic heterocycles. The lowest BCUT2D eigenvalue weighted by molar-refractivity contribution is -0.132. The molecule has 66 heavy (non-hydrogen) atoms. The highest BCUT2D eigenvalue weighted by Gasteiger charge is 2.59. The summed E-state index contributed by atoms with van der Waals surface area (Å²) in [5.74, 6) is -1.22. The summed E-state index contributed by atoms with van der Waals surface area (Å²) >= 11 is 3.19. The van der Waals surface area contributed by atoms with Crippen LogP contribution < -0.4 is 4.90 Å². The number of benzene rings is 5. The van der Waals surface area contributed by atoms with E-state index in [9.17, 15) is 15.2 Å². The molecule has 4 nitrogen and oxygen atoms in total. The van der Waals surface area contributed by atoms with E-state index in [-0.39, 0.29) is 38.1 Å². The Bertz CT molecular complexity index is 2970. The summed E-state index contributed by atoms with van der Waals surface area (Å²) in [6, 6.07) is 51.6. The molecule has 6 heteroatoms. The predicted molar refractivity (Wildman–Crippen MR) is 279 cm³/mol. The van der Waals surface area contributed by atoms with Crippen LogP contribution >= 0.6 is 22.7 Å². The average molecular weight is 905 g/mol. The number of carboxylic acids is 1. The second-order valence-electron chi connectivity index (χ2n) is 22.3. The lowest BCUT2D eigenvalue weighted by Gasteiger charge is -2.53. The summed E-state index contributed by atoms with van der Waals surface area (Å²) in [4.78, 5) is 18.0. The number of fused-ring (bicyclic) bond motifs is 6. The van der Waals surface area contributed by atoms with Gasteiger partial charge in [0.2, 0.25) is 0 Å². The monoisotopic (exact) mass is 904 g/mol. The third-order valence-corrected chi connectivity index (χ3v) is 17.0. The van der Waals surface area contributed by atoms with Crippen LogP contribution in [0.2, 0.25) is 0 Å². The Morgan fingerprint density at radius 1 is 0.515 bits per heavy atom. The zero-order valence-electron chi connectivity index (χ0n) is 40.3. The van der Waals surface area contributed by atoms with Gasteiger partial charge in [-0.2, -0.15) is 5.26 Å². The number of rotatable bonds is 7. The third kappa shape index (κ3) is 6.68. The molecule has 0 radical (unpaired) electrons. The van der Waals surface area contributed by atoms with Gasteiger partial charge in [0.05, 0.1) is 0 Å². The predicted octanol–water partition coefficient (Wildman–Crippen LogP) is 17.3. The SMILES string of the molecule is CC(C)(C)C1(C(C)(C)C)c2ccccc2-c2ccc(N(c3ccc(-c4ccc(-c5ccc(C=C(C#N)C(=O)O)s5)s4)cc3)c3ccc4c(c3)C(C(C)(C)C)(C(C)(C)C)c3ccccc3-4)cc21. The molecule has 0 saturated heterocycles. The van der Waals surface area contributed by atoms with Crippen molar-refractivity contribution in [1.82, 2.24) is 0 Å². The Kier molecular flexibility index (Phi) is 10.6. The molecule has 9 rings (SSSR count). The van der Waals surface area contributed by atoms with Crippen LogP contribution in [-0.2, 0) is 15.6 Å². The van der Waals surface area contributed by atoms with E-state index in [4.69, 9.17) is 0 Å². The first-order chi connectivity index (χ1) is 31.0. The molecule has 2 aliphatic carbocycles. The number of nitriles is 1. The van der Waals surface area contributed by atoms with Crippen molar-refractivity contribution < 1.29 is 9.90 Å². The van der Waals surface area contributed by atoms with E-state index >= 15 is 0 Å². The Balaban J connectivity index is 1.22. The summed E-state index contributed by atoms with van der Waals surface area (Å²) in [5.41, 5.74) is 14.1. The number of anilines is 3. The van der Waals surface area contributed by atoms with Crippen LogP contribution in [0.4, 0.5) is 17.1 Å². The van der Waals surface area contributed by atoms with Crippen LogP contribution in [-0.4, -0.2) is 11.1 Å². The summed E-state index contributed by atoms with van der Waals surface area (Å²) in [6.45, 7) is 29.0. The normalized spacial score (nSPS) is 15.1. The maximum Gasteiger partial charge on any atom is 0.346 e. The molecule has 0 unspecified atom stereocenters. The van der Waals surface area contributed by atoms with E-state index in [1.165, 1.54) is 61.9 Å². The molecular weight excluding hydrogens is 845 g/mol. The Morgan fingerprint density at radius 3 is 1.38 bits per heavy atom. The van der Waals surface area contributed by atoms with E-state index < -0.39 is 5.97 Å². The van der Waals surface area contributed by atoms with Crippen molar-refractivity contribution in [2.75, 3.05) is 4.90 Å². The van der Waals surface area contributed by atoms with Gasteiger partial charge in [-0.05, 0) is 138 Å². The number of carboxylic acid groups (broad SMARTS) is 1. The fourth-order valence-corrected chi connectivity index (χ4v) is 15.0. The van der Waals surface area contributed by atoms with Crippen molar-refractivity contribution in [3.05, 3.63) is 166 Å². The van der Waals surface area contributed by atoms with Crippen LogP contribution in [0.5, 0.6) is 0 Å². The van der Waals surface area contributed by atoms with Gasteiger partial charge in [0.1, 0.15) is 11.6 Å². The first kappa shape index (κ1) is 45.2. The minimum atomic E-state index is -1.22. The van der Waals surface area contributed by atoms with Gasteiger partial charge in [0.25, 0.3) is 0 Å². The molecule has 0 saturated carbocycles. The second-order valence-corrected chi connectivity index (χ2v) is 24.5. The fraction of sp³-hybridized carbons (Fsp3) is 0.300. The zero-order valence-corrected chi connectivity index (χ0v) is 42.0. The third-order valence-electron chi connectivity index (χ3n) is 14.6. The van der Waals surface area contributed by atoms with Crippen LogP contribution in [0.25, 0.3) is 48.5 Å². The molecule has 0 spiro atoms. The van der Waals surface area contributed by atoms with Crippen LogP contribution in [0, 0.1) is 33.0 Å².